The topological polar surface area (TPSA) is 29.0 Å². The third-order valence-electron chi connectivity index (χ3n) is 1.97. The van der Waals surface area contributed by atoms with E-state index < -0.39 is 0 Å². The molecule has 0 radical (unpaired) electrons. The predicted molar refractivity (Wildman–Crippen MR) is 59.9 cm³/mol. The summed E-state index contributed by atoms with van der Waals surface area (Å²) >= 11 is 5.67. The van der Waals surface area contributed by atoms with Gasteiger partial charge in [-0.1, -0.05) is 0 Å². The van der Waals surface area contributed by atoms with Crippen LogP contribution in [-0.4, -0.2) is 28.4 Å². The Bertz CT molecular complexity index is 251. The first kappa shape index (κ1) is 11.2. The van der Waals surface area contributed by atoms with Gasteiger partial charge in [-0.3, -0.25) is 0 Å². The number of hydrogen-bond donors (Lipinski definition) is 0. The second-order valence-electron chi connectivity index (χ2n) is 3.38. The third kappa shape index (κ3) is 3.14. The average Bonchev–Trinajstić information content (AvgIpc) is 2.19. The summed E-state index contributed by atoms with van der Waals surface area (Å²) in [4.78, 5) is 10.6. The van der Waals surface area contributed by atoms with Crippen molar-refractivity contribution in [1.29, 1.82) is 0 Å². The molecular formula is C10H16ClN3. The number of alkyl halides is 1. The first-order valence-electron chi connectivity index (χ1n) is 4.85. The van der Waals surface area contributed by atoms with Gasteiger partial charge in [0.15, 0.2) is 0 Å². The van der Waals surface area contributed by atoms with Gasteiger partial charge in [0.2, 0.25) is 5.95 Å². The van der Waals surface area contributed by atoms with Gasteiger partial charge >= 0.3 is 0 Å². The molecule has 78 valence electrons. The molecule has 0 aliphatic carbocycles. The number of hydrogen-bond acceptors (Lipinski definition) is 3. The summed E-state index contributed by atoms with van der Waals surface area (Å²) in [7, 11) is 0. The van der Waals surface area contributed by atoms with Crippen LogP contribution in [-0.2, 0) is 0 Å². The van der Waals surface area contributed by atoms with Gasteiger partial charge in [0.25, 0.3) is 0 Å². The Kier molecular flexibility index (Phi) is 4.66. The molecule has 14 heavy (non-hydrogen) atoms. The number of halogens is 1. The van der Waals surface area contributed by atoms with Crippen molar-refractivity contribution in [3.05, 3.63) is 18.5 Å². The molecule has 1 aromatic rings. The molecule has 1 aromatic heterocycles. The molecule has 0 aliphatic heterocycles. The highest BCUT2D eigenvalue weighted by Gasteiger charge is 2.11. The Labute approximate surface area is 90.1 Å². The lowest BCUT2D eigenvalue weighted by atomic mass is 10.3. The van der Waals surface area contributed by atoms with Gasteiger partial charge in [-0.05, 0) is 26.3 Å². The largest absolute Gasteiger partial charge is 0.338 e. The van der Waals surface area contributed by atoms with Crippen molar-refractivity contribution in [2.24, 2.45) is 0 Å². The Morgan fingerprint density at radius 1 is 1.36 bits per heavy atom. The minimum atomic E-state index is 0.403. The third-order valence-corrected chi connectivity index (χ3v) is 2.23. The van der Waals surface area contributed by atoms with Crippen molar-refractivity contribution in [2.45, 2.75) is 26.3 Å². The lowest BCUT2D eigenvalue weighted by Gasteiger charge is -2.26. The lowest BCUT2D eigenvalue weighted by molar-refractivity contribution is 0.653. The van der Waals surface area contributed by atoms with Crippen LogP contribution in [0.3, 0.4) is 0 Å². The molecule has 0 aliphatic rings. The summed E-state index contributed by atoms with van der Waals surface area (Å²) in [6.07, 6.45) is 4.48. The maximum absolute atomic E-state index is 5.67. The molecule has 0 fully saturated rings. The SMILES string of the molecule is CC(C)N(CCCCl)c1ncccn1. The first-order valence-corrected chi connectivity index (χ1v) is 5.38. The molecule has 1 rings (SSSR count). The van der Waals surface area contributed by atoms with Crippen LogP contribution in [0.5, 0.6) is 0 Å². The van der Waals surface area contributed by atoms with E-state index in [2.05, 4.69) is 28.7 Å². The van der Waals surface area contributed by atoms with Crippen molar-refractivity contribution in [3.63, 3.8) is 0 Å². The molecule has 0 aromatic carbocycles. The summed E-state index contributed by atoms with van der Waals surface area (Å²) in [5.41, 5.74) is 0. The Morgan fingerprint density at radius 3 is 2.50 bits per heavy atom. The fourth-order valence-corrected chi connectivity index (χ4v) is 1.38. The van der Waals surface area contributed by atoms with Crippen LogP contribution in [0.4, 0.5) is 5.95 Å². The van der Waals surface area contributed by atoms with Gasteiger partial charge in [-0.15, -0.1) is 11.6 Å². The van der Waals surface area contributed by atoms with Crippen molar-refractivity contribution in [3.8, 4) is 0 Å². The van der Waals surface area contributed by atoms with E-state index in [-0.39, 0.29) is 0 Å². The minimum absolute atomic E-state index is 0.403. The zero-order valence-corrected chi connectivity index (χ0v) is 9.41. The standard InChI is InChI=1S/C10H16ClN3/c1-9(2)14(8-3-5-11)10-12-6-4-7-13-10/h4,6-7,9H,3,5,8H2,1-2H3. The second kappa shape index (κ2) is 5.81. The van der Waals surface area contributed by atoms with E-state index in [1.165, 1.54) is 0 Å². The number of rotatable bonds is 5. The molecule has 0 N–H and O–H groups in total. The Balaban J connectivity index is 2.68. The van der Waals surface area contributed by atoms with E-state index in [0.717, 1.165) is 18.9 Å². The molecule has 0 unspecified atom stereocenters. The molecular weight excluding hydrogens is 198 g/mol. The average molecular weight is 214 g/mol. The van der Waals surface area contributed by atoms with Crippen LogP contribution < -0.4 is 4.90 Å². The van der Waals surface area contributed by atoms with E-state index in [9.17, 15) is 0 Å². The second-order valence-corrected chi connectivity index (χ2v) is 3.76. The molecule has 0 atom stereocenters. The van der Waals surface area contributed by atoms with E-state index in [1.807, 2.05) is 6.07 Å². The van der Waals surface area contributed by atoms with Gasteiger partial charge in [0.05, 0.1) is 0 Å². The number of nitrogens with zero attached hydrogens (tertiary/aromatic N) is 3. The van der Waals surface area contributed by atoms with Crippen molar-refractivity contribution < 1.29 is 0 Å². The predicted octanol–water partition coefficient (Wildman–Crippen LogP) is 2.32. The normalized spacial score (nSPS) is 10.6. The van der Waals surface area contributed by atoms with Crippen LogP contribution in [0.1, 0.15) is 20.3 Å². The van der Waals surface area contributed by atoms with E-state index in [0.29, 0.717) is 11.9 Å². The van der Waals surface area contributed by atoms with Gasteiger partial charge in [0, 0.05) is 30.9 Å². The maximum Gasteiger partial charge on any atom is 0.225 e. The molecule has 0 bridgehead atoms. The van der Waals surface area contributed by atoms with Gasteiger partial charge in [-0.25, -0.2) is 9.97 Å². The molecule has 0 spiro atoms. The van der Waals surface area contributed by atoms with E-state index in [4.69, 9.17) is 11.6 Å². The molecule has 1 heterocycles. The number of anilines is 1. The van der Waals surface area contributed by atoms with Crippen LogP contribution in [0.2, 0.25) is 0 Å². The van der Waals surface area contributed by atoms with Gasteiger partial charge < -0.3 is 4.90 Å². The summed E-state index contributed by atoms with van der Waals surface area (Å²) in [5, 5.41) is 0. The van der Waals surface area contributed by atoms with Crippen molar-refractivity contribution in [2.75, 3.05) is 17.3 Å². The van der Waals surface area contributed by atoms with Crippen LogP contribution >= 0.6 is 11.6 Å². The highest BCUT2D eigenvalue weighted by molar-refractivity contribution is 6.17. The van der Waals surface area contributed by atoms with E-state index >= 15 is 0 Å². The fourth-order valence-electron chi connectivity index (χ4n) is 1.26. The Hall–Kier alpha value is -0.830. The minimum Gasteiger partial charge on any atom is -0.338 e. The van der Waals surface area contributed by atoms with Crippen LogP contribution in [0, 0.1) is 0 Å². The molecule has 4 heteroatoms. The van der Waals surface area contributed by atoms with Crippen molar-refractivity contribution >= 4 is 17.5 Å². The highest BCUT2D eigenvalue weighted by atomic mass is 35.5. The van der Waals surface area contributed by atoms with Crippen LogP contribution in [0.15, 0.2) is 18.5 Å². The van der Waals surface area contributed by atoms with Crippen LogP contribution in [0.25, 0.3) is 0 Å². The zero-order chi connectivity index (χ0) is 10.4. The Morgan fingerprint density at radius 2 is 2.00 bits per heavy atom. The maximum atomic E-state index is 5.67. The first-order chi connectivity index (χ1) is 6.75. The molecule has 0 saturated heterocycles. The summed E-state index contributed by atoms with van der Waals surface area (Å²) in [6.45, 7) is 5.17. The van der Waals surface area contributed by atoms with Gasteiger partial charge in [-0.2, -0.15) is 0 Å². The molecule has 0 amide bonds. The monoisotopic (exact) mass is 213 g/mol. The number of aromatic nitrogens is 2. The fraction of sp³-hybridized carbons (Fsp3) is 0.600. The lowest BCUT2D eigenvalue weighted by Crippen LogP contribution is -2.33. The quantitative estimate of drug-likeness (QED) is 0.703. The van der Waals surface area contributed by atoms with Gasteiger partial charge in [0.1, 0.15) is 0 Å². The summed E-state index contributed by atoms with van der Waals surface area (Å²) < 4.78 is 0. The summed E-state index contributed by atoms with van der Waals surface area (Å²) in [6, 6.07) is 2.23. The van der Waals surface area contributed by atoms with E-state index in [1.54, 1.807) is 12.4 Å². The summed E-state index contributed by atoms with van der Waals surface area (Å²) in [5.74, 6) is 1.46. The van der Waals surface area contributed by atoms with Crippen molar-refractivity contribution in [1.82, 2.24) is 9.97 Å². The molecule has 0 saturated carbocycles. The molecule has 3 nitrogen and oxygen atoms in total. The highest BCUT2D eigenvalue weighted by Crippen LogP contribution is 2.10. The zero-order valence-electron chi connectivity index (χ0n) is 8.65. The smallest absolute Gasteiger partial charge is 0.225 e.